The average Bonchev–Trinajstić information content (AvgIpc) is 2.19. The number of fused-ring (bicyclic) bond motifs is 2. The van der Waals surface area contributed by atoms with Crippen LogP contribution in [-0.2, 0) is 9.53 Å². The minimum absolute atomic E-state index is 0.0824. The molecule has 0 amide bonds. The summed E-state index contributed by atoms with van der Waals surface area (Å²) in [5.74, 6) is 0.908. The average molecular weight is 220 g/mol. The Morgan fingerprint density at radius 3 is 2.50 bits per heavy atom. The van der Waals surface area contributed by atoms with E-state index in [9.17, 15) is 4.79 Å². The molecule has 2 unspecified atom stereocenters. The number of esters is 1. The normalized spacial score (nSPS) is 35.2. The molecule has 0 aromatic rings. The van der Waals surface area contributed by atoms with Crippen LogP contribution in [0.15, 0.2) is 24.3 Å². The molecule has 0 radical (unpaired) electrons. The summed E-state index contributed by atoms with van der Waals surface area (Å²) in [5.41, 5.74) is 1.91. The number of ether oxygens (including phenoxy) is 1. The summed E-state index contributed by atoms with van der Waals surface area (Å²) in [6.07, 6.45) is 2.06. The molecule has 3 saturated carbocycles. The summed E-state index contributed by atoms with van der Waals surface area (Å²) < 4.78 is 5.42. The van der Waals surface area contributed by atoms with Gasteiger partial charge >= 0.3 is 5.97 Å². The Morgan fingerprint density at radius 2 is 2.06 bits per heavy atom. The lowest BCUT2D eigenvalue weighted by Gasteiger charge is -2.59. The fourth-order valence-electron chi connectivity index (χ4n) is 3.03. The predicted molar refractivity (Wildman–Crippen MR) is 63.8 cm³/mol. The number of hydrogen-bond acceptors (Lipinski definition) is 2. The van der Waals surface area contributed by atoms with Crippen molar-refractivity contribution in [2.45, 2.75) is 39.7 Å². The molecular weight excluding hydrogens is 200 g/mol. The van der Waals surface area contributed by atoms with Crippen molar-refractivity contribution in [2.24, 2.45) is 17.3 Å². The maximum atomic E-state index is 11.5. The fraction of sp³-hybridized carbons (Fsp3) is 0.643. The van der Waals surface area contributed by atoms with E-state index in [0.717, 1.165) is 12.0 Å². The zero-order chi connectivity index (χ0) is 12.1. The van der Waals surface area contributed by atoms with Crippen LogP contribution in [0.1, 0.15) is 33.6 Å². The van der Waals surface area contributed by atoms with Crippen LogP contribution < -0.4 is 0 Å². The molecule has 3 aliphatic carbocycles. The zero-order valence-corrected chi connectivity index (χ0v) is 10.4. The van der Waals surface area contributed by atoms with E-state index in [1.165, 1.54) is 6.42 Å². The van der Waals surface area contributed by atoms with E-state index >= 15 is 0 Å². The Kier molecular flexibility index (Phi) is 2.48. The minimum atomic E-state index is -0.287. The highest BCUT2D eigenvalue weighted by Gasteiger charge is 2.55. The van der Waals surface area contributed by atoms with Crippen LogP contribution in [0.5, 0.6) is 0 Å². The molecule has 3 rings (SSSR count). The van der Waals surface area contributed by atoms with E-state index in [0.29, 0.717) is 22.8 Å². The smallest absolute Gasteiger partial charge is 0.333 e. The zero-order valence-electron chi connectivity index (χ0n) is 10.4. The minimum Gasteiger partial charge on any atom is -0.454 e. The molecule has 3 aliphatic rings. The first-order valence-corrected chi connectivity index (χ1v) is 5.89. The first kappa shape index (κ1) is 11.4. The Balaban J connectivity index is 2.04. The van der Waals surface area contributed by atoms with E-state index in [2.05, 4.69) is 27.0 Å². The molecule has 0 aliphatic heterocycles. The Labute approximate surface area is 97.4 Å². The van der Waals surface area contributed by atoms with Crippen LogP contribution in [0.3, 0.4) is 0 Å². The molecule has 0 heterocycles. The second kappa shape index (κ2) is 3.47. The van der Waals surface area contributed by atoms with Crippen molar-refractivity contribution in [3.05, 3.63) is 24.3 Å². The number of carbonyl (C=O) groups is 1. The first-order valence-electron chi connectivity index (χ1n) is 5.89. The lowest BCUT2D eigenvalue weighted by molar-refractivity contribution is -0.151. The molecule has 2 heteroatoms. The van der Waals surface area contributed by atoms with Gasteiger partial charge in [-0.15, -0.1) is 0 Å². The van der Waals surface area contributed by atoms with E-state index < -0.39 is 0 Å². The summed E-state index contributed by atoms with van der Waals surface area (Å²) in [6, 6.07) is 0. The Hall–Kier alpha value is -1.05. The van der Waals surface area contributed by atoms with Crippen LogP contribution in [0.2, 0.25) is 0 Å². The molecule has 16 heavy (non-hydrogen) atoms. The van der Waals surface area contributed by atoms with Gasteiger partial charge in [-0.3, -0.25) is 0 Å². The van der Waals surface area contributed by atoms with Gasteiger partial charge in [0.15, 0.2) is 0 Å². The first-order chi connectivity index (χ1) is 7.34. The molecule has 3 atom stereocenters. The molecular formula is C14H20O2. The SMILES string of the molecule is C=C(C)C(=O)O[C@@H]1CC2CC(C1=C)C2(C)C. The van der Waals surface area contributed by atoms with Crippen molar-refractivity contribution in [3.63, 3.8) is 0 Å². The summed E-state index contributed by atoms with van der Waals surface area (Å²) in [6.45, 7) is 14.0. The van der Waals surface area contributed by atoms with Gasteiger partial charge in [0, 0.05) is 5.57 Å². The predicted octanol–water partition coefficient (Wildman–Crippen LogP) is 3.10. The van der Waals surface area contributed by atoms with Gasteiger partial charge in [-0.25, -0.2) is 4.79 Å². The van der Waals surface area contributed by atoms with Gasteiger partial charge in [0.2, 0.25) is 0 Å². The standard InChI is InChI=1S/C14H20O2/c1-8(2)13(15)16-12-7-10-6-11(9(12)3)14(10,4)5/h10-12H,1,3,6-7H2,2,4-5H3/t10?,11?,12-/m1/s1. The topological polar surface area (TPSA) is 26.3 Å². The van der Waals surface area contributed by atoms with Crippen molar-refractivity contribution in [1.82, 2.24) is 0 Å². The van der Waals surface area contributed by atoms with Gasteiger partial charge in [-0.2, -0.15) is 0 Å². The van der Waals surface area contributed by atoms with Crippen molar-refractivity contribution in [1.29, 1.82) is 0 Å². The fourth-order valence-corrected chi connectivity index (χ4v) is 3.03. The van der Waals surface area contributed by atoms with E-state index in [1.54, 1.807) is 6.92 Å². The van der Waals surface area contributed by atoms with Gasteiger partial charge in [0.25, 0.3) is 0 Å². The van der Waals surface area contributed by atoms with E-state index in [1.807, 2.05) is 0 Å². The number of rotatable bonds is 2. The van der Waals surface area contributed by atoms with E-state index in [-0.39, 0.29) is 12.1 Å². The van der Waals surface area contributed by atoms with Crippen molar-refractivity contribution >= 4 is 5.97 Å². The monoisotopic (exact) mass is 220 g/mol. The van der Waals surface area contributed by atoms with Crippen molar-refractivity contribution in [2.75, 3.05) is 0 Å². The lowest BCUT2D eigenvalue weighted by Crippen LogP contribution is -2.54. The molecule has 88 valence electrons. The maximum Gasteiger partial charge on any atom is 0.333 e. The number of carbonyl (C=O) groups excluding carboxylic acids is 1. The van der Waals surface area contributed by atoms with Crippen LogP contribution in [-0.4, -0.2) is 12.1 Å². The molecule has 0 aromatic carbocycles. The van der Waals surface area contributed by atoms with Crippen molar-refractivity contribution < 1.29 is 9.53 Å². The second-order valence-corrected chi connectivity index (χ2v) is 5.79. The molecule has 2 bridgehead atoms. The largest absolute Gasteiger partial charge is 0.454 e. The highest BCUT2D eigenvalue weighted by molar-refractivity contribution is 5.87. The van der Waals surface area contributed by atoms with Crippen LogP contribution >= 0.6 is 0 Å². The quantitative estimate of drug-likeness (QED) is 0.406. The third-order valence-corrected chi connectivity index (χ3v) is 4.43. The second-order valence-electron chi connectivity index (χ2n) is 5.79. The Morgan fingerprint density at radius 1 is 1.44 bits per heavy atom. The van der Waals surface area contributed by atoms with Gasteiger partial charge in [-0.05, 0) is 42.6 Å². The van der Waals surface area contributed by atoms with Crippen LogP contribution in [0.25, 0.3) is 0 Å². The molecule has 0 N–H and O–H groups in total. The van der Waals surface area contributed by atoms with Gasteiger partial charge < -0.3 is 4.74 Å². The maximum absolute atomic E-state index is 11.5. The highest BCUT2D eigenvalue weighted by Crippen LogP contribution is 2.61. The third-order valence-electron chi connectivity index (χ3n) is 4.43. The van der Waals surface area contributed by atoms with Crippen molar-refractivity contribution in [3.8, 4) is 0 Å². The molecule has 0 aromatic heterocycles. The van der Waals surface area contributed by atoms with Gasteiger partial charge in [0.05, 0.1) is 0 Å². The Bertz CT molecular complexity index is 365. The van der Waals surface area contributed by atoms with E-state index in [4.69, 9.17) is 4.74 Å². The summed E-state index contributed by atoms with van der Waals surface area (Å²) in [7, 11) is 0. The summed E-state index contributed by atoms with van der Waals surface area (Å²) in [4.78, 5) is 11.5. The van der Waals surface area contributed by atoms with Crippen LogP contribution in [0, 0.1) is 17.3 Å². The molecule has 3 fully saturated rings. The van der Waals surface area contributed by atoms with Gasteiger partial charge in [0.1, 0.15) is 6.10 Å². The third kappa shape index (κ3) is 1.51. The summed E-state index contributed by atoms with van der Waals surface area (Å²) in [5, 5.41) is 0. The number of hydrogen-bond donors (Lipinski definition) is 0. The summed E-state index contributed by atoms with van der Waals surface area (Å²) >= 11 is 0. The van der Waals surface area contributed by atoms with Gasteiger partial charge in [-0.1, -0.05) is 27.0 Å². The molecule has 2 nitrogen and oxygen atoms in total. The van der Waals surface area contributed by atoms with Crippen LogP contribution in [0.4, 0.5) is 0 Å². The lowest BCUT2D eigenvalue weighted by atomic mass is 9.47. The molecule has 0 saturated heterocycles. The molecule has 0 spiro atoms. The highest BCUT2D eigenvalue weighted by atomic mass is 16.5.